The molecule has 7 heteroatoms. The summed E-state index contributed by atoms with van der Waals surface area (Å²) in [4.78, 5) is 19.6. The van der Waals surface area contributed by atoms with Crippen molar-refractivity contribution in [2.45, 2.75) is 39.4 Å². The molecule has 2 aliphatic rings. The minimum absolute atomic E-state index is 0.164. The zero-order valence-corrected chi connectivity index (χ0v) is 21.5. The fourth-order valence-corrected chi connectivity index (χ4v) is 7.03. The Hall–Kier alpha value is -3.42. The van der Waals surface area contributed by atoms with Gasteiger partial charge in [-0.2, -0.15) is 0 Å². The smallest absolute Gasteiger partial charge is 0.310 e. The molecule has 0 bridgehead atoms. The number of nitrogens with one attached hydrogen (secondary N) is 1. The largest absolute Gasteiger partial charge is 0.322 e. The second kappa shape index (κ2) is 8.91. The Morgan fingerprint density at radius 2 is 1.78 bits per heavy atom. The summed E-state index contributed by atoms with van der Waals surface area (Å²) in [6, 6.07) is 16.2. The SMILES string of the molecule is Cc1cc(C)cc(NC(=O)N2Cc3c(sc4c3CCN(C)C4)-n3cccc3[C@@H]2c2ccc(F)cc2)c1. The molecule has 0 saturated carbocycles. The van der Waals surface area contributed by atoms with Crippen molar-refractivity contribution < 1.29 is 9.18 Å². The molecule has 36 heavy (non-hydrogen) atoms. The molecule has 2 aromatic carbocycles. The van der Waals surface area contributed by atoms with Crippen LogP contribution in [0, 0.1) is 19.7 Å². The average molecular weight is 501 g/mol. The number of amides is 2. The van der Waals surface area contributed by atoms with Gasteiger partial charge < -0.3 is 19.7 Å². The first-order valence-electron chi connectivity index (χ1n) is 12.3. The number of hydrogen-bond donors (Lipinski definition) is 1. The topological polar surface area (TPSA) is 40.5 Å². The fourth-order valence-electron chi connectivity index (χ4n) is 5.59. The first-order chi connectivity index (χ1) is 17.4. The van der Waals surface area contributed by atoms with Gasteiger partial charge in [-0.1, -0.05) is 18.2 Å². The number of fused-ring (bicyclic) bond motifs is 5. The van der Waals surface area contributed by atoms with Crippen LogP contribution >= 0.6 is 11.3 Å². The molecule has 4 heterocycles. The van der Waals surface area contributed by atoms with Crippen LogP contribution in [0.4, 0.5) is 14.9 Å². The molecule has 4 aromatic rings. The normalized spacial score (nSPS) is 17.2. The number of hydrogen-bond acceptors (Lipinski definition) is 3. The fraction of sp³-hybridized carbons (Fsp3) is 0.276. The summed E-state index contributed by atoms with van der Waals surface area (Å²) in [5, 5.41) is 4.35. The minimum atomic E-state index is -0.354. The maximum atomic E-state index is 14.0. The number of carbonyl (C=O) groups is 1. The molecule has 2 aliphatic heterocycles. The Morgan fingerprint density at radius 3 is 2.53 bits per heavy atom. The number of anilines is 1. The Kier molecular flexibility index (Phi) is 5.69. The monoisotopic (exact) mass is 500 g/mol. The molecule has 0 spiro atoms. The van der Waals surface area contributed by atoms with E-state index in [1.54, 1.807) is 12.1 Å². The molecule has 0 radical (unpaired) electrons. The summed E-state index contributed by atoms with van der Waals surface area (Å²) in [6.07, 6.45) is 3.06. The predicted molar refractivity (Wildman–Crippen MR) is 142 cm³/mol. The molecule has 2 aromatic heterocycles. The Morgan fingerprint density at radius 1 is 1.03 bits per heavy atom. The van der Waals surface area contributed by atoms with Crippen LogP contribution < -0.4 is 5.32 Å². The number of rotatable bonds is 2. The van der Waals surface area contributed by atoms with Gasteiger partial charge in [0.05, 0.1) is 18.3 Å². The third-order valence-corrected chi connectivity index (χ3v) is 8.43. The molecule has 0 saturated heterocycles. The van der Waals surface area contributed by atoms with Crippen LogP contribution in [0.5, 0.6) is 0 Å². The quantitative estimate of drug-likeness (QED) is 0.345. The maximum absolute atomic E-state index is 14.0. The Balaban J connectivity index is 1.49. The lowest BCUT2D eigenvalue weighted by Gasteiger charge is -2.32. The van der Waals surface area contributed by atoms with Crippen molar-refractivity contribution in [1.82, 2.24) is 14.4 Å². The van der Waals surface area contributed by atoms with Gasteiger partial charge in [0.2, 0.25) is 0 Å². The first-order valence-corrected chi connectivity index (χ1v) is 13.1. The predicted octanol–water partition coefficient (Wildman–Crippen LogP) is 6.42. The van der Waals surface area contributed by atoms with Crippen molar-refractivity contribution in [1.29, 1.82) is 0 Å². The third kappa shape index (κ3) is 4.02. The van der Waals surface area contributed by atoms with Gasteiger partial charge in [-0.25, -0.2) is 9.18 Å². The third-order valence-electron chi connectivity index (χ3n) is 7.17. The highest BCUT2D eigenvalue weighted by Gasteiger charge is 2.36. The van der Waals surface area contributed by atoms with E-state index in [0.29, 0.717) is 6.54 Å². The van der Waals surface area contributed by atoms with Gasteiger partial charge in [0, 0.05) is 35.4 Å². The molecular formula is C29H29FN4OS. The summed E-state index contributed by atoms with van der Waals surface area (Å²) in [7, 11) is 2.16. The first kappa shape index (κ1) is 23.0. The summed E-state index contributed by atoms with van der Waals surface area (Å²) in [6.45, 7) is 6.49. The second-order valence-corrected chi connectivity index (χ2v) is 11.1. The van der Waals surface area contributed by atoms with E-state index in [2.05, 4.69) is 40.2 Å². The molecule has 0 aliphatic carbocycles. The number of likely N-dealkylation sites (N-methyl/N-ethyl adjacent to an activating group) is 1. The molecular weight excluding hydrogens is 471 g/mol. The summed E-state index contributed by atoms with van der Waals surface area (Å²) >= 11 is 1.83. The van der Waals surface area contributed by atoms with Gasteiger partial charge in [-0.15, -0.1) is 11.3 Å². The highest BCUT2D eigenvalue weighted by molar-refractivity contribution is 7.15. The van der Waals surface area contributed by atoms with Gasteiger partial charge in [-0.3, -0.25) is 0 Å². The van der Waals surface area contributed by atoms with Gasteiger partial charge in [-0.05, 0) is 86.0 Å². The van der Waals surface area contributed by atoms with E-state index in [1.807, 2.05) is 48.3 Å². The van der Waals surface area contributed by atoms with Crippen molar-refractivity contribution in [3.05, 3.63) is 105 Å². The highest BCUT2D eigenvalue weighted by atomic mass is 32.1. The van der Waals surface area contributed by atoms with E-state index in [4.69, 9.17) is 0 Å². The van der Waals surface area contributed by atoms with E-state index in [-0.39, 0.29) is 17.9 Å². The number of urea groups is 1. The van der Waals surface area contributed by atoms with Crippen LogP contribution in [0.25, 0.3) is 5.00 Å². The number of nitrogens with zero attached hydrogens (tertiary/aromatic N) is 3. The van der Waals surface area contributed by atoms with E-state index in [0.717, 1.165) is 47.6 Å². The lowest BCUT2D eigenvalue weighted by atomic mass is 10.0. The van der Waals surface area contributed by atoms with Crippen molar-refractivity contribution in [2.24, 2.45) is 0 Å². The van der Waals surface area contributed by atoms with Crippen LogP contribution in [0.15, 0.2) is 60.8 Å². The maximum Gasteiger partial charge on any atom is 0.322 e. The Labute approximate surface area is 214 Å². The van der Waals surface area contributed by atoms with Crippen LogP contribution in [-0.4, -0.2) is 34.0 Å². The average Bonchev–Trinajstić information content (AvgIpc) is 3.40. The van der Waals surface area contributed by atoms with Crippen LogP contribution in [0.1, 0.15) is 44.4 Å². The van der Waals surface area contributed by atoms with Crippen LogP contribution in [0.3, 0.4) is 0 Å². The molecule has 5 nitrogen and oxygen atoms in total. The van der Waals surface area contributed by atoms with Gasteiger partial charge in [0.25, 0.3) is 0 Å². The molecule has 1 N–H and O–H groups in total. The number of benzene rings is 2. The van der Waals surface area contributed by atoms with Crippen molar-refractivity contribution >= 4 is 23.1 Å². The molecule has 184 valence electrons. The molecule has 2 amide bonds. The number of aryl methyl sites for hydroxylation is 2. The number of carbonyl (C=O) groups excluding carboxylic acids is 1. The van der Waals surface area contributed by atoms with Crippen molar-refractivity contribution in [2.75, 3.05) is 18.9 Å². The summed E-state index contributed by atoms with van der Waals surface area (Å²) in [5.41, 5.74) is 7.46. The van der Waals surface area contributed by atoms with Gasteiger partial charge in [0.15, 0.2) is 0 Å². The summed E-state index contributed by atoms with van der Waals surface area (Å²) < 4.78 is 16.1. The van der Waals surface area contributed by atoms with Crippen LogP contribution in [0.2, 0.25) is 0 Å². The Bertz CT molecular complexity index is 1430. The molecule has 0 unspecified atom stereocenters. The van der Waals surface area contributed by atoms with Gasteiger partial charge in [0.1, 0.15) is 10.8 Å². The van der Waals surface area contributed by atoms with Gasteiger partial charge >= 0.3 is 6.03 Å². The van der Waals surface area contributed by atoms with Crippen molar-refractivity contribution in [3.63, 3.8) is 0 Å². The zero-order chi connectivity index (χ0) is 25.0. The lowest BCUT2D eigenvalue weighted by molar-refractivity contribution is 0.194. The van der Waals surface area contributed by atoms with E-state index in [1.165, 1.54) is 33.1 Å². The molecule has 6 rings (SSSR count). The van der Waals surface area contributed by atoms with E-state index >= 15 is 0 Å². The zero-order valence-electron chi connectivity index (χ0n) is 20.7. The standard InChI is InChI=1S/C29H29FN4OS/c1-18-13-19(2)15-22(14-18)31-29(35)34-16-24-23-10-12-32(3)17-26(23)36-28(24)33-11-4-5-25(33)27(34)20-6-8-21(30)9-7-20/h4-9,11,13-15,27H,10,12,16-17H2,1-3H3,(H,31,35)/t27-/m0/s1. The number of thiophene rings is 1. The van der Waals surface area contributed by atoms with E-state index < -0.39 is 0 Å². The van der Waals surface area contributed by atoms with Crippen LogP contribution in [-0.2, 0) is 19.5 Å². The molecule has 1 atom stereocenters. The van der Waals surface area contributed by atoms with Crippen molar-refractivity contribution in [3.8, 4) is 5.00 Å². The summed E-state index contributed by atoms with van der Waals surface area (Å²) in [5.74, 6) is -0.286. The lowest BCUT2D eigenvalue weighted by Crippen LogP contribution is -2.38. The second-order valence-electron chi connectivity index (χ2n) is 9.97. The number of halogens is 1. The highest BCUT2D eigenvalue weighted by Crippen LogP contribution is 2.43. The van der Waals surface area contributed by atoms with E-state index in [9.17, 15) is 9.18 Å². The minimum Gasteiger partial charge on any atom is -0.310 e. The molecule has 0 fully saturated rings. The number of aromatic nitrogens is 1.